The van der Waals surface area contributed by atoms with Gasteiger partial charge in [-0.05, 0) is 37.7 Å². The van der Waals surface area contributed by atoms with E-state index in [1.54, 1.807) is 22.7 Å². The number of hydrogen-bond acceptors (Lipinski definition) is 6. The Balaban J connectivity index is 1.76. The minimum absolute atomic E-state index is 0.0447. The second-order valence-electron chi connectivity index (χ2n) is 6.02. The van der Waals surface area contributed by atoms with Gasteiger partial charge in [0.05, 0.1) is 10.2 Å². The molecule has 0 fully saturated rings. The fourth-order valence-corrected chi connectivity index (χ4v) is 5.40. The van der Waals surface area contributed by atoms with Crippen molar-refractivity contribution in [3.05, 3.63) is 34.7 Å². The van der Waals surface area contributed by atoms with Gasteiger partial charge in [0, 0.05) is 30.0 Å². The molecule has 3 heterocycles. The molecule has 0 atom stereocenters. The van der Waals surface area contributed by atoms with Crippen LogP contribution in [0.3, 0.4) is 0 Å². The van der Waals surface area contributed by atoms with Crippen molar-refractivity contribution in [2.24, 2.45) is 0 Å². The van der Waals surface area contributed by atoms with Crippen LogP contribution in [0, 0.1) is 0 Å². The molecule has 0 saturated heterocycles. The predicted molar refractivity (Wildman–Crippen MR) is 106 cm³/mol. The fraction of sp³-hybridized carbons (Fsp3) is 0.333. The summed E-state index contributed by atoms with van der Waals surface area (Å²) in [5, 5.41) is 11.5. The zero-order valence-corrected chi connectivity index (χ0v) is 15.6. The molecule has 1 aliphatic heterocycles. The van der Waals surface area contributed by atoms with E-state index in [2.05, 4.69) is 22.0 Å². The second-order valence-corrected chi connectivity index (χ2v) is 8.16. The summed E-state index contributed by atoms with van der Waals surface area (Å²) in [6.07, 6.45) is 1.44. The highest BCUT2D eigenvalue weighted by molar-refractivity contribution is 7.22. The van der Waals surface area contributed by atoms with Crippen molar-refractivity contribution < 1.29 is 4.79 Å². The van der Waals surface area contributed by atoms with Crippen molar-refractivity contribution in [2.75, 3.05) is 25.5 Å². The monoisotopic (exact) mass is 372 g/mol. The van der Waals surface area contributed by atoms with E-state index in [4.69, 9.17) is 4.98 Å². The van der Waals surface area contributed by atoms with Crippen LogP contribution in [0.1, 0.15) is 16.9 Å². The number of hydrogen-bond donors (Lipinski definition) is 3. The summed E-state index contributed by atoms with van der Waals surface area (Å²) in [6.45, 7) is 2.51. The Morgan fingerprint density at radius 2 is 2.20 bits per heavy atom. The summed E-state index contributed by atoms with van der Waals surface area (Å²) in [6, 6.07) is 8.19. The highest BCUT2D eigenvalue weighted by Gasteiger charge is 2.24. The normalized spacial score (nSPS) is 13.8. The van der Waals surface area contributed by atoms with Gasteiger partial charge in [-0.15, -0.1) is 22.7 Å². The molecule has 7 heteroatoms. The van der Waals surface area contributed by atoms with Crippen LogP contribution >= 0.6 is 22.7 Å². The summed E-state index contributed by atoms with van der Waals surface area (Å²) in [4.78, 5) is 18.4. The van der Waals surface area contributed by atoms with Gasteiger partial charge in [-0.3, -0.25) is 4.79 Å². The Kier molecular flexibility index (Phi) is 4.80. The lowest BCUT2D eigenvalue weighted by Crippen LogP contribution is -2.22. The van der Waals surface area contributed by atoms with Crippen LogP contribution in [0.4, 0.5) is 5.00 Å². The maximum atomic E-state index is 12.3. The Labute approximate surface area is 154 Å². The highest BCUT2D eigenvalue weighted by atomic mass is 32.1. The molecule has 1 amide bonds. The van der Waals surface area contributed by atoms with Gasteiger partial charge in [0.2, 0.25) is 5.91 Å². The van der Waals surface area contributed by atoms with Gasteiger partial charge in [-0.25, -0.2) is 4.98 Å². The number of aromatic nitrogens is 1. The molecule has 0 saturated carbocycles. The third kappa shape index (κ3) is 3.32. The van der Waals surface area contributed by atoms with Gasteiger partial charge in [0.1, 0.15) is 10.0 Å². The molecule has 0 aliphatic carbocycles. The second kappa shape index (κ2) is 7.21. The number of benzene rings is 1. The summed E-state index contributed by atoms with van der Waals surface area (Å²) in [5.74, 6) is 0.0447. The standard InChI is InChI=1S/C18H20N4OS2/c1-19-8-7-15(23)22-18-16(11-6-9-20-10-14(11)25-18)17-21-12-4-2-3-5-13(12)24-17/h2-5,19-20H,6-10H2,1H3,(H,22,23). The Morgan fingerprint density at radius 3 is 3.04 bits per heavy atom. The van der Waals surface area contributed by atoms with Gasteiger partial charge >= 0.3 is 0 Å². The van der Waals surface area contributed by atoms with Gasteiger partial charge < -0.3 is 16.0 Å². The molecule has 0 radical (unpaired) electrons. The molecule has 1 aromatic carbocycles. The van der Waals surface area contributed by atoms with Crippen LogP contribution < -0.4 is 16.0 Å². The molecule has 3 aromatic rings. The minimum atomic E-state index is 0.0447. The third-order valence-corrected chi connectivity index (χ3v) is 6.49. The third-order valence-electron chi connectivity index (χ3n) is 4.29. The molecule has 1 aliphatic rings. The number of para-hydroxylation sites is 1. The lowest BCUT2D eigenvalue weighted by Gasteiger charge is -2.13. The summed E-state index contributed by atoms with van der Waals surface area (Å²) >= 11 is 3.38. The minimum Gasteiger partial charge on any atom is -0.319 e. The maximum absolute atomic E-state index is 12.3. The maximum Gasteiger partial charge on any atom is 0.226 e. The molecule has 130 valence electrons. The largest absolute Gasteiger partial charge is 0.319 e. The van der Waals surface area contributed by atoms with Crippen molar-refractivity contribution in [1.82, 2.24) is 15.6 Å². The predicted octanol–water partition coefficient (Wildman–Crippen LogP) is 3.22. The summed E-state index contributed by atoms with van der Waals surface area (Å²) in [5.41, 5.74) is 3.48. The SMILES string of the molecule is CNCCC(=O)Nc1sc2c(c1-c1nc3ccccc3s1)CCNC2. The van der Waals surface area contributed by atoms with Crippen molar-refractivity contribution in [2.45, 2.75) is 19.4 Å². The van der Waals surface area contributed by atoms with E-state index in [1.165, 1.54) is 15.1 Å². The van der Waals surface area contributed by atoms with Crippen LogP contribution in [-0.4, -0.2) is 31.0 Å². The lowest BCUT2D eigenvalue weighted by molar-refractivity contribution is -0.116. The van der Waals surface area contributed by atoms with Crippen molar-refractivity contribution in [3.8, 4) is 10.6 Å². The fourth-order valence-electron chi connectivity index (χ4n) is 3.06. The van der Waals surface area contributed by atoms with E-state index >= 15 is 0 Å². The number of carbonyl (C=O) groups excluding carboxylic acids is 1. The van der Waals surface area contributed by atoms with Gasteiger partial charge in [-0.2, -0.15) is 0 Å². The number of carbonyl (C=O) groups is 1. The number of amides is 1. The number of nitrogens with one attached hydrogen (secondary N) is 3. The van der Waals surface area contributed by atoms with Gasteiger partial charge in [0.15, 0.2) is 0 Å². The molecule has 0 spiro atoms. The number of thiazole rings is 1. The highest BCUT2D eigenvalue weighted by Crippen LogP contribution is 2.44. The lowest BCUT2D eigenvalue weighted by atomic mass is 10.0. The van der Waals surface area contributed by atoms with E-state index in [1.807, 2.05) is 25.2 Å². The van der Waals surface area contributed by atoms with Gasteiger partial charge in [-0.1, -0.05) is 12.1 Å². The van der Waals surface area contributed by atoms with Crippen LogP contribution in [0.25, 0.3) is 20.8 Å². The van der Waals surface area contributed by atoms with Gasteiger partial charge in [0.25, 0.3) is 0 Å². The first-order chi connectivity index (χ1) is 12.3. The topological polar surface area (TPSA) is 66.0 Å². The summed E-state index contributed by atoms with van der Waals surface area (Å²) < 4.78 is 1.18. The molecular formula is C18H20N4OS2. The first-order valence-electron chi connectivity index (χ1n) is 8.42. The molecule has 2 aromatic heterocycles. The molecular weight excluding hydrogens is 352 g/mol. The Hall–Kier alpha value is -1.80. The average Bonchev–Trinajstić information content (AvgIpc) is 3.20. The number of nitrogens with zero attached hydrogens (tertiary/aromatic N) is 1. The molecule has 4 rings (SSSR count). The molecule has 0 bridgehead atoms. The molecule has 3 N–H and O–H groups in total. The smallest absolute Gasteiger partial charge is 0.226 e. The first-order valence-corrected chi connectivity index (χ1v) is 10.0. The van der Waals surface area contributed by atoms with E-state index in [9.17, 15) is 4.79 Å². The first kappa shape index (κ1) is 16.7. The average molecular weight is 373 g/mol. The van der Waals surface area contributed by atoms with Crippen LogP contribution in [0.5, 0.6) is 0 Å². The Bertz CT molecular complexity index is 882. The number of rotatable bonds is 5. The molecule has 5 nitrogen and oxygen atoms in total. The van der Waals surface area contributed by atoms with E-state index < -0.39 is 0 Å². The number of fused-ring (bicyclic) bond motifs is 2. The van der Waals surface area contributed by atoms with Crippen molar-refractivity contribution >= 4 is 43.8 Å². The molecule has 25 heavy (non-hydrogen) atoms. The van der Waals surface area contributed by atoms with Crippen molar-refractivity contribution in [3.63, 3.8) is 0 Å². The molecule has 0 unspecified atom stereocenters. The van der Waals surface area contributed by atoms with Crippen LogP contribution in [-0.2, 0) is 17.8 Å². The Morgan fingerprint density at radius 1 is 1.32 bits per heavy atom. The van der Waals surface area contributed by atoms with Crippen LogP contribution in [0.15, 0.2) is 24.3 Å². The zero-order chi connectivity index (χ0) is 17.2. The quantitative estimate of drug-likeness (QED) is 0.643. The number of thiophene rings is 1. The zero-order valence-electron chi connectivity index (χ0n) is 14.0. The van der Waals surface area contributed by atoms with E-state index in [0.717, 1.165) is 40.6 Å². The van der Waals surface area contributed by atoms with Crippen LogP contribution in [0.2, 0.25) is 0 Å². The number of anilines is 1. The summed E-state index contributed by atoms with van der Waals surface area (Å²) in [7, 11) is 1.86. The van der Waals surface area contributed by atoms with Crippen molar-refractivity contribution in [1.29, 1.82) is 0 Å². The van der Waals surface area contributed by atoms with E-state index in [-0.39, 0.29) is 5.91 Å². The van der Waals surface area contributed by atoms with E-state index in [0.29, 0.717) is 13.0 Å².